The number of benzene rings is 2. The number of carbonyl (C=O) groups is 1. The van der Waals surface area contributed by atoms with E-state index in [0.717, 1.165) is 22.9 Å². The summed E-state index contributed by atoms with van der Waals surface area (Å²) < 4.78 is 16.5. The number of halogens is 2. The molecule has 1 aliphatic carbocycles. The van der Waals surface area contributed by atoms with Gasteiger partial charge < -0.3 is 5.32 Å². The number of aromatic nitrogens is 4. The molecular weight excluding hydrogens is 389 g/mol. The molecule has 1 saturated carbocycles. The van der Waals surface area contributed by atoms with Gasteiger partial charge in [0.2, 0.25) is 5.91 Å². The average molecular weight is 402 g/mol. The smallest absolute Gasteiger partial charge is 0.235 e. The first-order valence-corrected chi connectivity index (χ1v) is 8.48. The van der Waals surface area contributed by atoms with Crippen LogP contribution in [0, 0.1) is 5.82 Å². The van der Waals surface area contributed by atoms with Gasteiger partial charge in [0.1, 0.15) is 12.1 Å². The fourth-order valence-corrected chi connectivity index (χ4v) is 3.08. The predicted octanol–water partition coefficient (Wildman–Crippen LogP) is 3.23. The Kier molecular flexibility index (Phi) is 3.84. The maximum absolute atomic E-state index is 14.2. The van der Waals surface area contributed by atoms with Crippen molar-refractivity contribution in [1.82, 2.24) is 20.2 Å². The van der Waals surface area contributed by atoms with E-state index in [1.54, 1.807) is 6.07 Å². The maximum atomic E-state index is 14.2. The van der Waals surface area contributed by atoms with Crippen molar-refractivity contribution in [1.29, 1.82) is 0 Å². The summed E-state index contributed by atoms with van der Waals surface area (Å²) in [6, 6.07) is 12.0. The molecule has 1 fully saturated rings. The Morgan fingerprint density at radius 2 is 1.96 bits per heavy atom. The number of nitrogens with one attached hydrogen (secondary N) is 1. The molecule has 6 nitrogen and oxygen atoms in total. The third kappa shape index (κ3) is 2.93. The molecule has 1 heterocycles. The van der Waals surface area contributed by atoms with Crippen molar-refractivity contribution in [2.45, 2.75) is 18.3 Å². The molecule has 0 radical (unpaired) electrons. The highest BCUT2D eigenvalue weighted by molar-refractivity contribution is 9.10. The van der Waals surface area contributed by atoms with Crippen LogP contribution < -0.4 is 5.32 Å². The van der Waals surface area contributed by atoms with E-state index in [9.17, 15) is 9.18 Å². The Morgan fingerprint density at radius 1 is 1.20 bits per heavy atom. The monoisotopic (exact) mass is 401 g/mol. The van der Waals surface area contributed by atoms with E-state index in [2.05, 4.69) is 36.8 Å². The molecule has 1 aromatic heterocycles. The SMILES string of the molecule is O=C(Nc1cc(-n2cnnn2)ccc1F)C1(c2ccc(Br)cc2)CC1. The number of hydrogen-bond acceptors (Lipinski definition) is 4. The van der Waals surface area contributed by atoms with Gasteiger partial charge in [-0.15, -0.1) is 5.10 Å². The Balaban J connectivity index is 1.61. The van der Waals surface area contributed by atoms with E-state index < -0.39 is 11.2 Å². The van der Waals surface area contributed by atoms with Crippen molar-refractivity contribution in [3.8, 4) is 5.69 Å². The van der Waals surface area contributed by atoms with Gasteiger partial charge in [-0.25, -0.2) is 9.07 Å². The van der Waals surface area contributed by atoms with Crippen LogP contribution in [0.1, 0.15) is 18.4 Å². The molecule has 1 N–H and O–H groups in total. The van der Waals surface area contributed by atoms with Gasteiger partial charge in [0.15, 0.2) is 0 Å². The largest absolute Gasteiger partial charge is 0.323 e. The molecule has 0 spiro atoms. The summed E-state index contributed by atoms with van der Waals surface area (Å²) in [5, 5.41) is 13.6. The molecule has 0 bridgehead atoms. The van der Waals surface area contributed by atoms with Crippen LogP contribution in [0.2, 0.25) is 0 Å². The first-order chi connectivity index (χ1) is 12.1. The van der Waals surface area contributed by atoms with E-state index in [4.69, 9.17) is 0 Å². The van der Waals surface area contributed by atoms with Crippen LogP contribution in [0.3, 0.4) is 0 Å². The van der Waals surface area contributed by atoms with E-state index in [0.29, 0.717) is 5.69 Å². The lowest BCUT2D eigenvalue weighted by molar-refractivity contribution is -0.118. The minimum Gasteiger partial charge on any atom is -0.323 e. The van der Waals surface area contributed by atoms with E-state index >= 15 is 0 Å². The molecule has 0 aliphatic heterocycles. The first-order valence-electron chi connectivity index (χ1n) is 7.69. The molecule has 2 aromatic carbocycles. The number of hydrogen-bond donors (Lipinski definition) is 1. The van der Waals surface area contributed by atoms with Gasteiger partial charge in [-0.2, -0.15) is 0 Å². The number of nitrogens with zero attached hydrogens (tertiary/aromatic N) is 4. The lowest BCUT2D eigenvalue weighted by atomic mass is 9.95. The second-order valence-corrected chi connectivity index (χ2v) is 6.88. The van der Waals surface area contributed by atoms with Gasteiger partial charge in [0.25, 0.3) is 0 Å². The summed E-state index contributed by atoms with van der Waals surface area (Å²) in [7, 11) is 0. The highest BCUT2D eigenvalue weighted by Crippen LogP contribution is 2.49. The van der Waals surface area contributed by atoms with Crippen molar-refractivity contribution in [3.63, 3.8) is 0 Å². The zero-order valence-corrected chi connectivity index (χ0v) is 14.6. The number of tetrazole rings is 1. The topological polar surface area (TPSA) is 72.7 Å². The third-order valence-electron chi connectivity index (χ3n) is 4.39. The summed E-state index contributed by atoms with van der Waals surface area (Å²) in [5.74, 6) is -0.709. The maximum Gasteiger partial charge on any atom is 0.235 e. The van der Waals surface area contributed by atoms with Crippen LogP contribution in [0.4, 0.5) is 10.1 Å². The Morgan fingerprint density at radius 3 is 2.60 bits per heavy atom. The molecule has 1 amide bonds. The Hall–Kier alpha value is -2.61. The lowest BCUT2D eigenvalue weighted by Crippen LogP contribution is -2.28. The highest BCUT2D eigenvalue weighted by atomic mass is 79.9. The van der Waals surface area contributed by atoms with Gasteiger partial charge in [-0.1, -0.05) is 28.1 Å². The van der Waals surface area contributed by atoms with Crippen LogP contribution in [0.25, 0.3) is 5.69 Å². The summed E-state index contributed by atoms with van der Waals surface area (Å²) >= 11 is 3.39. The molecule has 25 heavy (non-hydrogen) atoms. The predicted molar refractivity (Wildman–Crippen MR) is 92.8 cm³/mol. The van der Waals surface area contributed by atoms with Crippen molar-refractivity contribution in [2.24, 2.45) is 0 Å². The second kappa shape index (κ2) is 6.03. The fraction of sp³-hybridized carbons (Fsp3) is 0.176. The summed E-state index contributed by atoms with van der Waals surface area (Å²) in [4.78, 5) is 12.8. The molecule has 8 heteroatoms. The molecule has 0 atom stereocenters. The number of rotatable bonds is 4. The van der Waals surface area contributed by atoms with Crippen molar-refractivity contribution < 1.29 is 9.18 Å². The first kappa shape index (κ1) is 15.9. The molecule has 1 aliphatic rings. The zero-order chi connectivity index (χ0) is 17.4. The van der Waals surface area contributed by atoms with Gasteiger partial charge in [0, 0.05) is 4.47 Å². The Bertz CT molecular complexity index is 923. The van der Waals surface area contributed by atoms with Gasteiger partial charge in [0.05, 0.1) is 16.8 Å². The minimum atomic E-state index is -0.585. The molecule has 3 aromatic rings. The van der Waals surface area contributed by atoms with E-state index in [1.807, 2.05) is 24.3 Å². The third-order valence-corrected chi connectivity index (χ3v) is 4.92. The normalized spacial score (nSPS) is 15.0. The highest BCUT2D eigenvalue weighted by Gasteiger charge is 2.51. The van der Waals surface area contributed by atoms with Crippen LogP contribution in [-0.2, 0) is 10.2 Å². The van der Waals surface area contributed by atoms with Crippen LogP contribution >= 0.6 is 15.9 Å². The van der Waals surface area contributed by atoms with Gasteiger partial charge in [-0.05, 0) is 59.2 Å². The quantitative estimate of drug-likeness (QED) is 0.728. The molecule has 0 saturated heterocycles. The average Bonchev–Trinajstić information content (AvgIpc) is 3.24. The van der Waals surface area contributed by atoms with Crippen molar-refractivity contribution in [2.75, 3.05) is 5.32 Å². The molecule has 126 valence electrons. The van der Waals surface area contributed by atoms with E-state index in [1.165, 1.54) is 23.1 Å². The standard InChI is InChI=1S/C17H13BrFN5O/c18-12-3-1-11(2-4-12)17(7-8-17)16(25)21-15-9-13(5-6-14(15)19)24-10-20-22-23-24/h1-6,9-10H,7-8H2,(H,21,25). The number of carbonyl (C=O) groups excluding carboxylic acids is 1. The number of amides is 1. The summed E-state index contributed by atoms with van der Waals surface area (Å²) in [5.41, 5.74) is 1.03. The lowest BCUT2D eigenvalue weighted by Gasteiger charge is -2.16. The van der Waals surface area contributed by atoms with Crippen LogP contribution in [-0.4, -0.2) is 26.1 Å². The van der Waals surface area contributed by atoms with Crippen molar-refractivity contribution in [3.05, 3.63) is 64.6 Å². The molecular formula is C17H13BrFN5O. The number of anilines is 1. The van der Waals surface area contributed by atoms with Crippen LogP contribution in [0.5, 0.6) is 0 Å². The fourth-order valence-electron chi connectivity index (χ4n) is 2.81. The molecule has 4 rings (SSSR count). The van der Waals surface area contributed by atoms with Crippen molar-refractivity contribution >= 4 is 27.5 Å². The zero-order valence-electron chi connectivity index (χ0n) is 13.0. The van der Waals surface area contributed by atoms with E-state index in [-0.39, 0.29) is 11.6 Å². The second-order valence-electron chi connectivity index (χ2n) is 5.96. The van der Waals surface area contributed by atoms with Gasteiger partial charge in [-0.3, -0.25) is 4.79 Å². The summed E-state index contributed by atoms with van der Waals surface area (Å²) in [6.07, 6.45) is 2.90. The Labute approximate surface area is 151 Å². The van der Waals surface area contributed by atoms with Gasteiger partial charge >= 0.3 is 0 Å². The molecule has 0 unspecified atom stereocenters. The minimum absolute atomic E-state index is 0.112. The van der Waals surface area contributed by atoms with Crippen LogP contribution in [0.15, 0.2) is 53.3 Å². The summed E-state index contributed by atoms with van der Waals surface area (Å²) in [6.45, 7) is 0.